The van der Waals surface area contributed by atoms with Gasteiger partial charge in [0.05, 0.1) is 7.11 Å². The quantitative estimate of drug-likeness (QED) is 0.809. The summed E-state index contributed by atoms with van der Waals surface area (Å²) in [6.07, 6.45) is 5.57. The molecule has 22 heavy (non-hydrogen) atoms. The number of methoxy groups -OCH3 is 1. The van der Waals surface area contributed by atoms with Crippen molar-refractivity contribution in [3.05, 3.63) is 48.1 Å². The van der Waals surface area contributed by atoms with Crippen molar-refractivity contribution < 1.29 is 14.1 Å². The Morgan fingerprint density at radius 1 is 1.50 bits per heavy atom. The van der Waals surface area contributed by atoms with Crippen LogP contribution in [0.4, 0.5) is 0 Å². The maximum atomic E-state index is 12.2. The minimum atomic E-state index is -0.00573. The molecular weight excluding hydrogens is 282 g/mol. The number of carbonyl (C=O) groups excluding carboxylic acids is 1. The first kappa shape index (κ1) is 14.3. The molecule has 2 heterocycles. The molecule has 0 radical (unpaired) electrons. The third-order valence-corrected chi connectivity index (χ3v) is 3.76. The first-order valence-corrected chi connectivity index (χ1v) is 7.13. The zero-order valence-electron chi connectivity index (χ0n) is 12.3. The molecule has 0 N–H and O–H groups in total. The van der Waals surface area contributed by atoms with Gasteiger partial charge in [0.25, 0.3) is 0 Å². The molecule has 1 aliphatic heterocycles. The van der Waals surface area contributed by atoms with Crippen molar-refractivity contribution in [2.45, 2.75) is 12.3 Å². The maximum Gasteiger partial charge on any atom is 0.246 e. The molecule has 6 nitrogen and oxygen atoms in total. The molecule has 2 aromatic rings. The fraction of sp³-hybridized carbons (Fsp3) is 0.312. The number of hydrogen-bond donors (Lipinski definition) is 0. The molecule has 0 spiro atoms. The molecule has 1 fully saturated rings. The normalized spacial score (nSPS) is 18.0. The van der Waals surface area contributed by atoms with Crippen molar-refractivity contribution in [2.24, 2.45) is 0 Å². The summed E-state index contributed by atoms with van der Waals surface area (Å²) in [6.45, 7) is 1.33. The fourth-order valence-electron chi connectivity index (χ4n) is 2.55. The summed E-state index contributed by atoms with van der Waals surface area (Å²) in [6, 6.07) is 7.58. The molecule has 1 atom stereocenters. The van der Waals surface area contributed by atoms with Crippen LogP contribution in [0.5, 0.6) is 5.75 Å². The average Bonchev–Trinajstić information content (AvgIpc) is 3.23. The SMILES string of the molecule is COc1cccc(/C=C\C(=O)N2CCC(c3ncon3)C2)c1. The van der Waals surface area contributed by atoms with E-state index < -0.39 is 0 Å². The molecule has 1 saturated heterocycles. The van der Waals surface area contributed by atoms with Crippen LogP contribution in [0, 0.1) is 0 Å². The van der Waals surface area contributed by atoms with Gasteiger partial charge < -0.3 is 14.2 Å². The Kier molecular flexibility index (Phi) is 4.18. The number of benzene rings is 1. The Bertz CT molecular complexity index is 667. The molecule has 1 amide bonds. The summed E-state index contributed by atoms with van der Waals surface area (Å²) in [5, 5.41) is 3.85. The summed E-state index contributed by atoms with van der Waals surface area (Å²) in [7, 11) is 1.62. The highest BCUT2D eigenvalue weighted by atomic mass is 16.5. The number of hydrogen-bond acceptors (Lipinski definition) is 5. The van der Waals surface area contributed by atoms with Gasteiger partial charge in [-0.15, -0.1) is 0 Å². The van der Waals surface area contributed by atoms with Crippen molar-refractivity contribution in [1.29, 1.82) is 0 Å². The van der Waals surface area contributed by atoms with Gasteiger partial charge >= 0.3 is 0 Å². The number of nitrogens with zero attached hydrogens (tertiary/aromatic N) is 3. The molecule has 0 bridgehead atoms. The van der Waals surface area contributed by atoms with Crippen molar-refractivity contribution in [3.63, 3.8) is 0 Å². The number of ether oxygens (including phenoxy) is 1. The molecule has 1 unspecified atom stereocenters. The number of aromatic nitrogens is 2. The van der Waals surface area contributed by atoms with Crippen molar-refractivity contribution in [3.8, 4) is 5.75 Å². The number of rotatable bonds is 4. The number of amides is 1. The Balaban J connectivity index is 1.61. The highest BCUT2D eigenvalue weighted by molar-refractivity contribution is 5.92. The van der Waals surface area contributed by atoms with Gasteiger partial charge in [-0.25, -0.2) is 0 Å². The molecule has 114 valence electrons. The van der Waals surface area contributed by atoms with E-state index in [1.165, 1.54) is 6.39 Å². The van der Waals surface area contributed by atoms with Crippen LogP contribution < -0.4 is 4.74 Å². The molecule has 3 rings (SSSR count). The first-order chi connectivity index (χ1) is 10.8. The standard InChI is InChI=1S/C16H17N3O3/c1-21-14-4-2-3-12(9-14)5-6-15(20)19-8-7-13(10-19)16-17-11-22-18-16/h2-6,9,11,13H,7-8,10H2,1H3/b6-5-. The van der Waals surface area contributed by atoms with E-state index >= 15 is 0 Å². The zero-order valence-corrected chi connectivity index (χ0v) is 12.3. The monoisotopic (exact) mass is 299 g/mol. The zero-order chi connectivity index (χ0) is 15.4. The lowest BCUT2D eigenvalue weighted by molar-refractivity contribution is -0.124. The predicted octanol–water partition coefficient (Wildman–Crippen LogP) is 2.11. The summed E-state index contributed by atoms with van der Waals surface area (Å²) in [5.41, 5.74) is 0.932. The Hall–Kier alpha value is -2.63. The highest BCUT2D eigenvalue weighted by Crippen LogP contribution is 2.24. The van der Waals surface area contributed by atoms with E-state index in [9.17, 15) is 4.79 Å². The lowest BCUT2D eigenvalue weighted by Gasteiger charge is -2.13. The van der Waals surface area contributed by atoms with Crippen LogP contribution in [-0.4, -0.2) is 41.1 Å². The Morgan fingerprint density at radius 2 is 2.41 bits per heavy atom. The van der Waals surface area contributed by atoms with Gasteiger partial charge in [-0.05, 0) is 30.2 Å². The molecule has 0 saturated carbocycles. The van der Waals surface area contributed by atoms with E-state index in [4.69, 9.17) is 9.26 Å². The van der Waals surface area contributed by atoms with Crippen LogP contribution >= 0.6 is 0 Å². The molecule has 1 aromatic heterocycles. The van der Waals surface area contributed by atoms with E-state index in [-0.39, 0.29) is 11.8 Å². The molecular formula is C16H17N3O3. The summed E-state index contributed by atoms with van der Waals surface area (Å²) >= 11 is 0. The lowest BCUT2D eigenvalue weighted by atomic mass is 10.1. The second kappa shape index (κ2) is 6.43. The van der Waals surface area contributed by atoms with Gasteiger partial charge in [0.15, 0.2) is 5.82 Å². The number of carbonyl (C=O) groups is 1. The van der Waals surface area contributed by atoms with Gasteiger partial charge in [0.2, 0.25) is 12.3 Å². The van der Waals surface area contributed by atoms with Gasteiger partial charge in [-0.2, -0.15) is 4.98 Å². The van der Waals surface area contributed by atoms with E-state index in [0.717, 1.165) is 17.7 Å². The fourth-order valence-corrected chi connectivity index (χ4v) is 2.55. The minimum Gasteiger partial charge on any atom is -0.497 e. The maximum absolute atomic E-state index is 12.2. The Morgan fingerprint density at radius 3 is 3.18 bits per heavy atom. The summed E-state index contributed by atoms with van der Waals surface area (Å²) < 4.78 is 9.92. The minimum absolute atomic E-state index is 0.00573. The number of likely N-dealkylation sites (tertiary alicyclic amines) is 1. The van der Waals surface area contributed by atoms with E-state index in [0.29, 0.717) is 18.9 Å². The third kappa shape index (κ3) is 3.16. The summed E-state index contributed by atoms with van der Waals surface area (Å²) in [5.74, 6) is 1.60. The second-order valence-electron chi connectivity index (χ2n) is 5.17. The van der Waals surface area contributed by atoms with Gasteiger partial charge in [0, 0.05) is 25.1 Å². The lowest BCUT2D eigenvalue weighted by Crippen LogP contribution is -2.26. The van der Waals surface area contributed by atoms with Crippen LogP contribution in [0.15, 0.2) is 41.3 Å². The average molecular weight is 299 g/mol. The third-order valence-electron chi connectivity index (χ3n) is 3.76. The highest BCUT2D eigenvalue weighted by Gasteiger charge is 2.28. The summed E-state index contributed by atoms with van der Waals surface area (Å²) in [4.78, 5) is 18.1. The smallest absolute Gasteiger partial charge is 0.246 e. The van der Waals surface area contributed by atoms with Crippen molar-refractivity contribution >= 4 is 12.0 Å². The van der Waals surface area contributed by atoms with Crippen LogP contribution in [0.25, 0.3) is 6.08 Å². The van der Waals surface area contributed by atoms with Crippen LogP contribution in [-0.2, 0) is 4.79 Å². The molecule has 0 aliphatic carbocycles. The van der Waals surface area contributed by atoms with Gasteiger partial charge in [0.1, 0.15) is 5.75 Å². The molecule has 1 aromatic carbocycles. The van der Waals surface area contributed by atoms with E-state index in [1.54, 1.807) is 24.2 Å². The van der Waals surface area contributed by atoms with Gasteiger partial charge in [-0.1, -0.05) is 17.3 Å². The predicted molar refractivity (Wildman–Crippen MR) is 80.3 cm³/mol. The largest absolute Gasteiger partial charge is 0.497 e. The van der Waals surface area contributed by atoms with E-state index in [2.05, 4.69) is 10.1 Å². The molecule has 1 aliphatic rings. The van der Waals surface area contributed by atoms with Crippen molar-refractivity contribution in [2.75, 3.05) is 20.2 Å². The van der Waals surface area contributed by atoms with Crippen LogP contribution in [0.1, 0.15) is 23.7 Å². The second-order valence-corrected chi connectivity index (χ2v) is 5.17. The van der Waals surface area contributed by atoms with Crippen molar-refractivity contribution in [1.82, 2.24) is 15.0 Å². The first-order valence-electron chi connectivity index (χ1n) is 7.13. The van der Waals surface area contributed by atoms with E-state index in [1.807, 2.05) is 24.3 Å². The Labute approximate surface area is 128 Å². The van der Waals surface area contributed by atoms with Gasteiger partial charge in [-0.3, -0.25) is 4.79 Å². The molecule has 6 heteroatoms. The van der Waals surface area contributed by atoms with Crippen LogP contribution in [0.2, 0.25) is 0 Å². The van der Waals surface area contributed by atoms with Crippen LogP contribution in [0.3, 0.4) is 0 Å². The topological polar surface area (TPSA) is 68.5 Å².